The molecular weight excluding hydrogens is 291 g/mol. The molecule has 1 unspecified atom stereocenters. The van der Waals surface area contributed by atoms with E-state index in [1.54, 1.807) is 13.2 Å². The molecule has 2 aromatic rings. The normalized spacial score (nSPS) is 12.5. The van der Waals surface area contributed by atoms with Gasteiger partial charge in [0.2, 0.25) is 0 Å². The van der Waals surface area contributed by atoms with Crippen molar-refractivity contribution in [3.8, 4) is 5.75 Å². The second kappa shape index (κ2) is 6.51. The second-order valence-corrected chi connectivity index (χ2v) is 5.94. The zero-order valence-corrected chi connectivity index (χ0v) is 13.4. The molecule has 0 saturated heterocycles. The van der Waals surface area contributed by atoms with Crippen LogP contribution in [0.15, 0.2) is 42.5 Å². The lowest BCUT2D eigenvalue weighted by atomic mass is 9.98. The average molecular weight is 309 g/mol. The molecule has 0 spiro atoms. The molecule has 2 rings (SSSR count). The molecule has 106 valence electrons. The van der Waals surface area contributed by atoms with Crippen LogP contribution in [0.1, 0.15) is 41.8 Å². The fourth-order valence-electron chi connectivity index (χ4n) is 2.13. The summed E-state index contributed by atoms with van der Waals surface area (Å²) in [7, 11) is 1.64. The first-order chi connectivity index (χ1) is 9.52. The van der Waals surface area contributed by atoms with Crippen molar-refractivity contribution in [2.24, 2.45) is 0 Å². The first-order valence-electron chi connectivity index (χ1n) is 6.60. The van der Waals surface area contributed by atoms with E-state index >= 15 is 0 Å². The SMILES string of the molecule is COc1ccc(Cl)cc1C(Cl)c1ccc(C(C)C)cc1. The van der Waals surface area contributed by atoms with Crippen LogP contribution in [0.4, 0.5) is 0 Å². The van der Waals surface area contributed by atoms with Gasteiger partial charge in [-0.25, -0.2) is 0 Å². The molecule has 0 aliphatic carbocycles. The van der Waals surface area contributed by atoms with Crippen molar-refractivity contribution in [2.75, 3.05) is 7.11 Å². The van der Waals surface area contributed by atoms with E-state index in [-0.39, 0.29) is 5.38 Å². The molecule has 0 saturated carbocycles. The van der Waals surface area contributed by atoms with Crippen LogP contribution in [0.3, 0.4) is 0 Å². The van der Waals surface area contributed by atoms with Gasteiger partial charge in [0.05, 0.1) is 12.5 Å². The number of ether oxygens (including phenoxy) is 1. The van der Waals surface area contributed by atoms with Crippen molar-refractivity contribution in [3.63, 3.8) is 0 Å². The highest BCUT2D eigenvalue weighted by molar-refractivity contribution is 6.31. The van der Waals surface area contributed by atoms with Gasteiger partial charge >= 0.3 is 0 Å². The number of alkyl halides is 1. The largest absolute Gasteiger partial charge is 0.496 e. The van der Waals surface area contributed by atoms with Gasteiger partial charge in [-0.2, -0.15) is 0 Å². The Morgan fingerprint density at radius 3 is 2.10 bits per heavy atom. The summed E-state index contributed by atoms with van der Waals surface area (Å²) < 4.78 is 5.36. The Kier molecular flexibility index (Phi) is 4.95. The van der Waals surface area contributed by atoms with E-state index in [2.05, 4.69) is 38.1 Å². The Hall–Kier alpha value is -1.18. The monoisotopic (exact) mass is 308 g/mol. The fraction of sp³-hybridized carbons (Fsp3) is 0.294. The van der Waals surface area contributed by atoms with E-state index in [1.165, 1.54) is 5.56 Å². The maximum atomic E-state index is 6.58. The molecule has 0 aliphatic rings. The van der Waals surface area contributed by atoms with Gasteiger partial charge in [0.15, 0.2) is 0 Å². The van der Waals surface area contributed by atoms with Crippen molar-refractivity contribution in [3.05, 3.63) is 64.2 Å². The highest BCUT2D eigenvalue weighted by Gasteiger charge is 2.16. The summed E-state index contributed by atoms with van der Waals surface area (Å²) in [6, 6.07) is 13.9. The van der Waals surface area contributed by atoms with Crippen molar-refractivity contribution >= 4 is 23.2 Å². The van der Waals surface area contributed by atoms with Gasteiger partial charge in [-0.05, 0) is 35.2 Å². The molecule has 1 nitrogen and oxygen atoms in total. The van der Waals surface area contributed by atoms with Crippen LogP contribution in [0.25, 0.3) is 0 Å². The molecule has 0 amide bonds. The van der Waals surface area contributed by atoms with E-state index in [0.29, 0.717) is 10.9 Å². The summed E-state index contributed by atoms with van der Waals surface area (Å²) in [6.07, 6.45) is 0. The third kappa shape index (κ3) is 3.28. The third-order valence-electron chi connectivity index (χ3n) is 3.36. The standard InChI is InChI=1S/C17H18Cl2O/c1-11(2)12-4-6-13(7-5-12)17(19)15-10-14(18)8-9-16(15)20-3/h4-11,17H,1-3H3. The van der Waals surface area contributed by atoms with Gasteiger partial charge in [-0.15, -0.1) is 11.6 Å². The molecule has 0 fully saturated rings. The molecular formula is C17H18Cl2O. The third-order valence-corrected chi connectivity index (χ3v) is 4.08. The lowest BCUT2D eigenvalue weighted by Gasteiger charge is -2.15. The average Bonchev–Trinajstić information content (AvgIpc) is 2.46. The number of rotatable bonds is 4. The van der Waals surface area contributed by atoms with E-state index < -0.39 is 0 Å². The Morgan fingerprint density at radius 1 is 0.950 bits per heavy atom. The predicted molar refractivity (Wildman–Crippen MR) is 86.2 cm³/mol. The van der Waals surface area contributed by atoms with Crippen LogP contribution in [0.2, 0.25) is 5.02 Å². The number of hydrogen-bond acceptors (Lipinski definition) is 1. The number of halogens is 2. The summed E-state index contributed by atoms with van der Waals surface area (Å²) in [4.78, 5) is 0. The Balaban J connectivity index is 2.35. The van der Waals surface area contributed by atoms with Crippen molar-refractivity contribution in [2.45, 2.75) is 25.1 Å². The van der Waals surface area contributed by atoms with Crippen LogP contribution in [-0.4, -0.2) is 7.11 Å². The van der Waals surface area contributed by atoms with E-state index in [1.807, 2.05) is 12.1 Å². The Bertz CT molecular complexity index is 576. The minimum atomic E-state index is -0.273. The first kappa shape index (κ1) is 15.2. The summed E-state index contributed by atoms with van der Waals surface area (Å²) in [6.45, 7) is 4.35. The Morgan fingerprint density at radius 2 is 1.55 bits per heavy atom. The minimum absolute atomic E-state index is 0.273. The Labute approximate surface area is 130 Å². The van der Waals surface area contributed by atoms with Gasteiger partial charge in [0.25, 0.3) is 0 Å². The van der Waals surface area contributed by atoms with Gasteiger partial charge in [-0.1, -0.05) is 49.7 Å². The molecule has 20 heavy (non-hydrogen) atoms. The molecule has 0 N–H and O–H groups in total. The second-order valence-electron chi connectivity index (χ2n) is 5.07. The molecule has 0 bridgehead atoms. The lowest BCUT2D eigenvalue weighted by molar-refractivity contribution is 0.410. The summed E-state index contributed by atoms with van der Waals surface area (Å²) in [5, 5.41) is 0.384. The minimum Gasteiger partial charge on any atom is -0.496 e. The molecule has 0 aliphatic heterocycles. The van der Waals surface area contributed by atoms with Gasteiger partial charge < -0.3 is 4.74 Å². The van der Waals surface area contributed by atoms with Gasteiger partial charge in [0, 0.05) is 10.6 Å². The number of benzene rings is 2. The summed E-state index contributed by atoms with van der Waals surface area (Å²) in [5.41, 5.74) is 3.23. The molecule has 0 heterocycles. The first-order valence-corrected chi connectivity index (χ1v) is 7.41. The smallest absolute Gasteiger partial charge is 0.123 e. The maximum Gasteiger partial charge on any atom is 0.123 e. The highest BCUT2D eigenvalue weighted by Crippen LogP contribution is 2.36. The summed E-state index contributed by atoms with van der Waals surface area (Å²) in [5.74, 6) is 1.26. The quantitative estimate of drug-likeness (QED) is 0.648. The molecule has 0 aromatic heterocycles. The highest BCUT2D eigenvalue weighted by atomic mass is 35.5. The van der Waals surface area contributed by atoms with Gasteiger partial charge in [-0.3, -0.25) is 0 Å². The van der Waals surface area contributed by atoms with E-state index in [4.69, 9.17) is 27.9 Å². The van der Waals surface area contributed by atoms with E-state index in [0.717, 1.165) is 16.9 Å². The van der Waals surface area contributed by atoms with Crippen LogP contribution in [0.5, 0.6) is 5.75 Å². The van der Waals surface area contributed by atoms with Crippen LogP contribution < -0.4 is 4.74 Å². The fourth-order valence-corrected chi connectivity index (χ4v) is 2.63. The van der Waals surface area contributed by atoms with Crippen molar-refractivity contribution in [1.29, 1.82) is 0 Å². The predicted octanol–water partition coefficient (Wildman–Crippen LogP) is 5.80. The van der Waals surface area contributed by atoms with Crippen molar-refractivity contribution in [1.82, 2.24) is 0 Å². The molecule has 3 heteroatoms. The van der Waals surface area contributed by atoms with Crippen molar-refractivity contribution < 1.29 is 4.74 Å². The van der Waals surface area contributed by atoms with Crippen LogP contribution >= 0.6 is 23.2 Å². The molecule has 2 aromatic carbocycles. The molecule has 1 atom stereocenters. The number of methoxy groups -OCH3 is 1. The van der Waals surface area contributed by atoms with E-state index in [9.17, 15) is 0 Å². The lowest BCUT2D eigenvalue weighted by Crippen LogP contribution is -1.98. The summed E-state index contributed by atoms with van der Waals surface area (Å²) >= 11 is 12.6. The molecule has 0 radical (unpaired) electrons. The topological polar surface area (TPSA) is 9.23 Å². The zero-order valence-electron chi connectivity index (χ0n) is 11.9. The number of hydrogen-bond donors (Lipinski definition) is 0. The zero-order chi connectivity index (χ0) is 14.7. The van der Waals surface area contributed by atoms with Crippen LogP contribution in [0, 0.1) is 0 Å². The van der Waals surface area contributed by atoms with Crippen LogP contribution in [-0.2, 0) is 0 Å². The van der Waals surface area contributed by atoms with Gasteiger partial charge in [0.1, 0.15) is 5.75 Å². The maximum absolute atomic E-state index is 6.58.